The molecular formula is C48H79NO6S. The van der Waals surface area contributed by atoms with Gasteiger partial charge in [-0.3, -0.25) is 14.1 Å². The largest absolute Gasteiger partial charge is 0.462 e. The van der Waals surface area contributed by atoms with Gasteiger partial charge in [0.25, 0.3) is 10.1 Å². The molecule has 8 heteroatoms. The van der Waals surface area contributed by atoms with Crippen LogP contribution in [0.3, 0.4) is 0 Å². The smallest absolute Gasteiger partial charge is 0.306 e. The molecule has 9 atom stereocenters. The predicted molar refractivity (Wildman–Crippen MR) is 231 cm³/mol. The summed E-state index contributed by atoms with van der Waals surface area (Å²) in [6, 6.07) is 0. The number of amides is 1. The van der Waals surface area contributed by atoms with Crippen LogP contribution >= 0.6 is 0 Å². The molecule has 56 heavy (non-hydrogen) atoms. The zero-order valence-corrected chi connectivity index (χ0v) is 36.6. The quantitative estimate of drug-likeness (QED) is 0.0435. The van der Waals surface area contributed by atoms with Crippen LogP contribution in [0.4, 0.5) is 0 Å². The number of carbonyl (C=O) groups is 2. The van der Waals surface area contributed by atoms with Gasteiger partial charge in [-0.2, -0.15) is 8.42 Å². The predicted octanol–water partition coefficient (Wildman–Crippen LogP) is 11.9. The van der Waals surface area contributed by atoms with E-state index in [1.165, 1.54) is 70.6 Å². The molecule has 0 radical (unpaired) electrons. The Bertz CT molecular complexity index is 1430. The lowest BCUT2D eigenvalue weighted by molar-refractivity contribution is -0.162. The number of unbranched alkanes of at least 4 members (excludes halogenated alkanes) is 6. The highest BCUT2D eigenvalue weighted by atomic mass is 32.2. The van der Waals surface area contributed by atoms with E-state index < -0.39 is 15.9 Å². The molecule has 318 valence electrons. The van der Waals surface area contributed by atoms with Gasteiger partial charge < -0.3 is 10.1 Å². The van der Waals surface area contributed by atoms with Crippen LogP contribution in [0.2, 0.25) is 0 Å². The van der Waals surface area contributed by atoms with Gasteiger partial charge >= 0.3 is 5.97 Å². The topological polar surface area (TPSA) is 110 Å². The summed E-state index contributed by atoms with van der Waals surface area (Å²) in [5, 5.41) is 2.65. The Balaban J connectivity index is 1.07. The van der Waals surface area contributed by atoms with Crippen molar-refractivity contribution in [1.82, 2.24) is 5.32 Å². The van der Waals surface area contributed by atoms with Gasteiger partial charge in [0.1, 0.15) is 6.10 Å². The number of carbonyl (C=O) groups excluding carboxylic acids is 2. The first-order valence-electron chi connectivity index (χ1n) is 22.9. The fourth-order valence-electron chi connectivity index (χ4n) is 11.8. The van der Waals surface area contributed by atoms with E-state index in [1.807, 2.05) is 0 Å². The van der Waals surface area contributed by atoms with Crippen molar-refractivity contribution in [1.29, 1.82) is 0 Å². The van der Waals surface area contributed by atoms with Gasteiger partial charge in [0, 0.05) is 19.4 Å². The first-order valence-corrected chi connectivity index (χ1v) is 24.5. The molecule has 4 rings (SSSR count). The molecule has 0 aromatic rings. The number of hydrogen-bond donors (Lipinski definition) is 2. The molecule has 4 aliphatic rings. The lowest BCUT2D eigenvalue weighted by atomic mass is 9.44. The maximum atomic E-state index is 12.9. The Morgan fingerprint density at radius 3 is 2.09 bits per heavy atom. The maximum absolute atomic E-state index is 12.9. The molecule has 9 unspecified atom stereocenters. The van der Waals surface area contributed by atoms with E-state index in [-0.39, 0.29) is 24.5 Å². The van der Waals surface area contributed by atoms with Gasteiger partial charge in [-0.05, 0) is 155 Å². The van der Waals surface area contributed by atoms with E-state index in [4.69, 9.17) is 9.29 Å². The summed E-state index contributed by atoms with van der Waals surface area (Å²) in [6.45, 7) is 9.56. The number of nitrogens with one attached hydrogen (secondary N) is 1. The van der Waals surface area contributed by atoms with Gasteiger partial charge in [0.15, 0.2) is 0 Å². The lowest BCUT2D eigenvalue weighted by Crippen LogP contribution is -2.54. The van der Waals surface area contributed by atoms with Crippen molar-refractivity contribution in [3.8, 4) is 0 Å². The van der Waals surface area contributed by atoms with Crippen LogP contribution in [-0.2, 0) is 24.4 Å². The zero-order valence-electron chi connectivity index (χ0n) is 35.7. The normalized spacial score (nSPS) is 31.2. The minimum absolute atomic E-state index is 0.0155. The van der Waals surface area contributed by atoms with Crippen molar-refractivity contribution in [2.24, 2.45) is 46.3 Å². The highest BCUT2D eigenvalue weighted by Gasteiger charge is 2.60. The van der Waals surface area contributed by atoms with Crippen LogP contribution in [0.15, 0.2) is 48.6 Å². The number of allylic oxidation sites excluding steroid dienone is 8. The van der Waals surface area contributed by atoms with E-state index >= 15 is 0 Å². The minimum atomic E-state index is -4.07. The average molecular weight is 798 g/mol. The molecule has 0 heterocycles. The number of ether oxygens (including phenoxy) is 1. The highest BCUT2D eigenvalue weighted by molar-refractivity contribution is 7.85. The van der Waals surface area contributed by atoms with E-state index in [1.54, 1.807) is 0 Å². The lowest BCUT2D eigenvalue weighted by Gasteiger charge is -2.61. The fraction of sp³-hybridized carbons (Fsp3) is 0.792. The summed E-state index contributed by atoms with van der Waals surface area (Å²) in [5.74, 6) is 3.42. The molecule has 7 nitrogen and oxygen atoms in total. The van der Waals surface area contributed by atoms with Crippen LogP contribution in [-0.4, -0.2) is 43.2 Å². The summed E-state index contributed by atoms with van der Waals surface area (Å²) in [5.41, 5.74) is 0.656. The molecule has 4 fully saturated rings. The number of fused-ring (bicyclic) bond motifs is 5. The number of rotatable bonds is 24. The van der Waals surface area contributed by atoms with Crippen LogP contribution < -0.4 is 5.32 Å². The molecular weight excluding hydrogens is 719 g/mol. The SMILES string of the molecule is CC/C=C\C/C=C\C/C=C\C/C=C\CCCCCCCCC(=O)OC1CCC2(C)C(CCC3C2CCC2(C)C(C(C)CCC(=O)NCCS(=O)(=O)O)CCC32)C1. The summed E-state index contributed by atoms with van der Waals surface area (Å²) in [6.07, 6.45) is 43.1. The minimum Gasteiger partial charge on any atom is -0.462 e. The molecule has 0 bridgehead atoms. The molecule has 0 aromatic carbocycles. The molecule has 0 aromatic heterocycles. The van der Waals surface area contributed by atoms with Crippen molar-refractivity contribution in [3.63, 3.8) is 0 Å². The number of hydrogen-bond acceptors (Lipinski definition) is 5. The molecule has 4 aliphatic carbocycles. The second kappa shape index (κ2) is 23.4. The Morgan fingerprint density at radius 2 is 1.39 bits per heavy atom. The highest BCUT2D eigenvalue weighted by Crippen LogP contribution is 2.68. The van der Waals surface area contributed by atoms with Gasteiger partial charge in [-0.15, -0.1) is 0 Å². The van der Waals surface area contributed by atoms with Crippen molar-refractivity contribution < 1.29 is 27.3 Å². The van der Waals surface area contributed by atoms with Crippen LogP contribution in [0.5, 0.6) is 0 Å². The molecule has 4 saturated carbocycles. The molecule has 2 N–H and O–H groups in total. The summed E-state index contributed by atoms with van der Waals surface area (Å²) in [4.78, 5) is 25.3. The van der Waals surface area contributed by atoms with Crippen molar-refractivity contribution in [2.75, 3.05) is 12.3 Å². The van der Waals surface area contributed by atoms with E-state index in [9.17, 15) is 18.0 Å². The van der Waals surface area contributed by atoms with Crippen molar-refractivity contribution in [3.05, 3.63) is 48.6 Å². The van der Waals surface area contributed by atoms with Crippen molar-refractivity contribution in [2.45, 2.75) is 181 Å². The average Bonchev–Trinajstić information content (AvgIpc) is 3.51. The van der Waals surface area contributed by atoms with E-state index in [0.717, 1.165) is 82.0 Å². The molecule has 0 spiro atoms. The third kappa shape index (κ3) is 14.3. The Labute approximate surface area is 342 Å². The van der Waals surface area contributed by atoms with Gasteiger partial charge in [-0.1, -0.05) is 102 Å². The first-order chi connectivity index (χ1) is 26.9. The number of esters is 1. The second-order valence-corrected chi connectivity index (χ2v) is 20.2. The molecule has 1 amide bonds. The molecule has 0 saturated heterocycles. The van der Waals surface area contributed by atoms with Gasteiger partial charge in [0.2, 0.25) is 5.91 Å². The van der Waals surface area contributed by atoms with Gasteiger partial charge in [0.05, 0.1) is 5.75 Å². The first kappa shape index (κ1) is 46.5. The van der Waals surface area contributed by atoms with Crippen LogP contribution in [0.1, 0.15) is 175 Å². The zero-order chi connectivity index (χ0) is 40.4. The third-order valence-corrected chi connectivity index (χ3v) is 15.6. The van der Waals surface area contributed by atoms with Gasteiger partial charge in [-0.25, -0.2) is 0 Å². The summed E-state index contributed by atoms with van der Waals surface area (Å²) in [7, 11) is -4.07. The van der Waals surface area contributed by atoms with E-state index in [2.05, 4.69) is 81.6 Å². The van der Waals surface area contributed by atoms with E-state index in [0.29, 0.717) is 41.4 Å². The van der Waals surface area contributed by atoms with Crippen molar-refractivity contribution >= 4 is 22.0 Å². The third-order valence-electron chi connectivity index (χ3n) is 14.9. The molecule has 0 aliphatic heterocycles. The Hall–Kier alpha value is -2.19. The van der Waals surface area contributed by atoms with Crippen LogP contribution in [0, 0.1) is 46.3 Å². The fourth-order valence-corrected chi connectivity index (χ4v) is 12.2. The standard InChI is InChI=1S/C48H79NO6S/c1-5-6-7-8-9-10-11-12-13-14-15-16-17-18-19-20-21-22-23-24-46(51)55-40-31-33-47(3)39(37-40)26-27-41-43-29-28-42(48(43,4)34-32-44(41)47)38(2)25-30-45(50)49-35-36-56(52,53)54/h6-7,9-10,12-13,15-16,38-44H,5,8,11,14,17-37H2,1-4H3,(H,49,50)(H,52,53,54)/b7-6-,10-9-,13-12-,16-15-. The summed E-state index contributed by atoms with van der Waals surface area (Å²) >= 11 is 0. The van der Waals surface area contributed by atoms with Crippen LogP contribution in [0.25, 0.3) is 0 Å². The second-order valence-electron chi connectivity index (χ2n) is 18.6. The monoisotopic (exact) mass is 798 g/mol. The summed E-state index contributed by atoms with van der Waals surface area (Å²) < 4.78 is 37.0. The Morgan fingerprint density at radius 1 is 0.768 bits per heavy atom. The maximum Gasteiger partial charge on any atom is 0.306 e. The Kier molecular flexibility index (Phi) is 19.4.